The summed E-state index contributed by atoms with van der Waals surface area (Å²) in [6.45, 7) is 3.71. The van der Waals surface area contributed by atoms with E-state index in [1.54, 1.807) is 23.3 Å². The fourth-order valence-corrected chi connectivity index (χ4v) is 6.32. The molecule has 0 radical (unpaired) electrons. The molecule has 3 N–H and O–H groups in total. The highest BCUT2D eigenvalue weighted by Crippen LogP contribution is 2.52. The van der Waals surface area contributed by atoms with Gasteiger partial charge in [-0.15, -0.1) is 0 Å². The Morgan fingerprint density at radius 2 is 1.80 bits per heavy atom. The largest absolute Gasteiger partial charge is 0.451 e. The van der Waals surface area contributed by atoms with E-state index in [9.17, 15) is 4.57 Å². The summed E-state index contributed by atoms with van der Waals surface area (Å²) in [6, 6.07) is 7.58. The molecule has 15 heteroatoms. The zero-order valence-electron chi connectivity index (χ0n) is 24.5. The Bertz CT molecular complexity index is 2090. The number of ether oxygens (including phenoxy) is 2. The average molecular weight is 622 g/mol. The third-order valence-electron chi connectivity index (χ3n) is 8.07. The van der Waals surface area contributed by atoms with Crippen molar-refractivity contribution >= 4 is 64.7 Å². The van der Waals surface area contributed by atoms with E-state index < -0.39 is 0 Å². The maximum Gasteiger partial charge on any atom is 0.231 e. The number of nitrogens with zero attached hydrogens (tertiary/aromatic N) is 8. The number of aromatic nitrogens is 7. The number of rotatable bonds is 7. The molecule has 2 aliphatic heterocycles. The van der Waals surface area contributed by atoms with E-state index in [4.69, 9.17) is 19.4 Å². The highest BCUT2D eigenvalue weighted by Gasteiger charge is 2.31. The smallest absolute Gasteiger partial charge is 0.231 e. The Labute approximate surface area is 258 Å². The maximum atomic E-state index is 12.3. The third kappa shape index (κ3) is 4.84. The summed E-state index contributed by atoms with van der Waals surface area (Å²) in [5.41, 5.74) is 5.99. The van der Waals surface area contributed by atoms with Gasteiger partial charge in [-0.05, 0) is 31.3 Å². The van der Waals surface area contributed by atoms with Crippen molar-refractivity contribution in [1.29, 1.82) is 0 Å². The minimum atomic E-state index is -0.191. The second kappa shape index (κ2) is 11.0. The fourth-order valence-electron chi connectivity index (χ4n) is 5.83. The molecule has 0 spiro atoms. The first kappa shape index (κ1) is 27.2. The van der Waals surface area contributed by atoms with Gasteiger partial charge in [-0.2, -0.15) is 15.1 Å². The molecule has 1 saturated heterocycles. The predicted octanol–water partition coefficient (Wildman–Crippen LogP) is 4.19. The summed E-state index contributed by atoms with van der Waals surface area (Å²) in [4.78, 5) is 26.2. The van der Waals surface area contributed by atoms with Gasteiger partial charge in [-0.25, -0.2) is 0 Å². The minimum Gasteiger partial charge on any atom is -0.451 e. The molecule has 2 aromatic carbocycles. The normalized spacial score (nSPS) is 14.9. The topological polar surface area (TPSA) is 151 Å². The van der Waals surface area contributed by atoms with Crippen LogP contribution in [-0.2, 0) is 11.6 Å². The standard InChI is InChI=1S/C30H28N11O3P/c1-39-9-11-41(12-10-39)24-19(17-14-34-40(2)15-17)13-22(25-26(24)44-16-43-25)36-30-37-28-18(5-6-33-28)29(38-30)35-21-4-3-20-23(27(21)45-42)32-8-7-31-20/h3-8,13-15H,9-12,16H2,1-2H3,(H3,33,35,36,37,38). The van der Waals surface area contributed by atoms with Gasteiger partial charge in [0.2, 0.25) is 12.7 Å². The second-order valence-corrected chi connectivity index (χ2v) is 11.6. The first-order valence-electron chi connectivity index (χ1n) is 14.4. The van der Waals surface area contributed by atoms with Crippen molar-refractivity contribution in [2.75, 3.05) is 55.6 Å². The van der Waals surface area contributed by atoms with Crippen LogP contribution in [0.5, 0.6) is 11.5 Å². The number of likely N-dealkylation sites (N-methyl/N-ethyl adjacent to an activating group) is 1. The number of hydrogen-bond acceptors (Lipinski definition) is 12. The van der Waals surface area contributed by atoms with Crippen LogP contribution in [0.4, 0.5) is 28.8 Å². The van der Waals surface area contributed by atoms with Crippen LogP contribution in [0.3, 0.4) is 0 Å². The van der Waals surface area contributed by atoms with E-state index in [2.05, 4.69) is 47.5 Å². The molecule has 45 heavy (non-hydrogen) atoms. The second-order valence-electron chi connectivity index (χ2n) is 10.9. The molecular weight excluding hydrogens is 593 g/mol. The van der Waals surface area contributed by atoms with Crippen molar-refractivity contribution in [2.45, 2.75) is 0 Å². The highest BCUT2D eigenvalue weighted by molar-refractivity contribution is 7.35. The van der Waals surface area contributed by atoms with Crippen LogP contribution in [0.25, 0.3) is 33.2 Å². The lowest BCUT2D eigenvalue weighted by Crippen LogP contribution is -2.44. The number of piperazine rings is 1. The number of fused-ring (bicyclic) bond motifs is 3. The van der Waals surface area contributed by atoms with Crippen LogP contribution in [0, 0.1) is 0 Å². The van der Waals surface area contributed by atoms with Gasteiger partial charge in [0.15, 0.2) is 20.0 Å². The van der Waals surface area contributed by atoms with Crippen molar-refractivity contribution in [3.8, 4) is 22.6 Å². The minimum absolute atomic E-state index is 0.104. The van der Waals surface area contributed by atoms with Gasteiger partial charge in [0.1, 0.15) is 17.0 Å². The van der Waals surface area contributed by atoms with E-state index in [0.717, 1.165) is 48.4 Å². The molecular formula is C30H28N11O3P. The van der Waals surface area contributed by atoms with Crippen LogP contribution in [0.15, 0.2) is 55.2 Å². The number of anilines is 5. The molecule has 0 amide bonds. The van der Waals surface area contributed by atoms with Gasteiger partial charge in [0.05, 0.1) is 39.5 Å². The number of H-pyrrole nitrogens is 1. The molecule has 2 aliphatic rings. The lowest BCUT2D eigenvalue weighted by atomic mass is 10.0. The van der Waals surface area contributed by atoms with Gasteiger partial charge in [-0.1, -0.05) is 0 Å². The molecule has 8 rings (SSSR count). The molecule has 0 unspecified atom stereocenters. The summed E-state index contributed by atoms with van der Waals surface area (Å²) >= 11 is 0. The molecule has 6 aromatic rings. The molecule has 0 saturated carbocycles. The molecule has 1 fully saturated rings. The van der Waals surface area contributed by atoms with Crippen molar-refractivity contribution in [2.24, 2.45) is 7.05 Å². The first-order chi connectivity index (χ1) is 22.1. The van der Waals surface area contributed by atoms with Gasteiger partial charge in [0.25, 0.3) is 0 Å². The molecule has 6 heterocycles. The Hall–Kier alpha value is -5.33. The summed E-state index contributed by atoms with van der Waals surface area (Å²) in [6.07, 6.45) is 8.83. The predicted molar refractivity (Wildman–Crippen MR) is 172 cm³/mol. The summed E-state index contributed by atoms with van der Waals surface area (Å²) < 4.78 is 26.2. The number of aryl methyl sites for hydroxylation is 1. The lowest BCUT2D eigenvalue weighted by Gasteiger charge is -2.35. The van der Waals surface area contributed by atoms with E-state index in [1.165, 1.54) is 0 Å². The molecule has 0 atom stereocenters. The van der Waals surface area contributed by atoms with Crippen LogP contribution < -0.4 is 30.3 Å². The van der Waals surface area contributed by atoms with Crippen molar-refractivity contribution in [1.82, 2.24) is 39.6 Å². The molecule has 14 nitrogen and oxygen atoms in total. The Balaban J connectivity index is 1.22. The summed E-state index contributed by atoms with van der Waals surface area (Å²) in [5, 5.41) is 12.4. The maximum absolute atomic E-state index is 12.3. The van der Waals surface area contributed by atoms with E-state index >= 15 is 0 Å². The average Bonchev–Trinajstić information content (AvgIpc) is 3.83. The third-order valence-corrected chi connectivity index (χ3v) is 8.71. The highest BCUT2D eigenvalue weighted by atomic mass is 31.1. The number of nitrogens with one attached hydrogen (secondary N) is 3. The zero-order valence-corrected chi connectivity index (χ0v) is 25.4. The number of aromatic amines is 1. The van der Waals surface area contributed by atoms with Crippen LogP contribution >= 0.6 is 8.46 Å². The van der Waals surface area contributed by atoms with Gasteiger partial charge in [-0.3, -0.25) is 19.2 Å². The zero-order chi connectivity index (χ0) is 30.5. The quantitative estimate of drug-likeness (QED) is 0.219. The molecule has 226 valence electrons. The Kier molecular flexibility index (Phi) is 6.65. The van der Waals surface area contributed by atoms with Crippen molar-refractivity contribution in [3.63, 3.8) is 0 Å². The van der Waals surface area contributed by atoms with Gasteiger partial charge < -0.3 is 34.9 Å². The number of hydrogen-bond donors (Lipinski definition) is 3. The van der Waals surface area contributed by atoms with Gasteiger partial charge in [0, 0.05) is 69.1 Å². The fraction of sp³-hybridized carbons (Fsp3) is 0.233. The first-order valence-corrected chi connectivity index (χ1v) is 15.2. The summed E-state index contributed by atoms with van der Waals surface area (Å²) in [5.74, 6) is 2.13. The van der Waals surface area contributed by atoms with Crippen LogP contribution in [0.1, 0.15) is 0 Å². The molecule has 0 aliphatic carbocycles. The monoisotopic (exact) mass is 621 g/mol. The Morgan fingerprint density at radius 1 is 0.956 bits per heavy atom. The van der Waals surface area contributed by atoms with E-state index in [0.29, 0.717) is 56.6 Å². The van der Waals surface area contributed by atoms with E-state index in [1.807, 2.05) is 43.7 Å². The molecule has 0 bridgehead atoms. The van der Waals surface area contributed by atoms with E-state index in [-0.39, 0.29) is 15.3 Å². The van der Waals surface area contributed by atoms with Crippen molar-refractivity contribution < 1.29 is 14.0 Å². The van der Waals surface area contributed by atoms with Gasteiger partial charge >= 0.3 is 0 Å². The lowest BCUT2D eigenvalue weighted by molar-refractivity contribution is 0.174. The number of benzene rings is 2. The van der Waals surface area contributed by atoms with Crippen molar-refractivity contribution in [3.05, 3.63) is 55.2 Å². The summed E-state index contributed by atoms with van der Waals surface area (Å²) in [7, 11) is 3.85. The van der Waals surface area contributed by atoms with Crippen LogP contribution in [-0.4, -0.2) is 79.6 Å². The Morgan fingerprint density at radius 3 is 2.62 bits per heavy atom. The van der Waals surface area contributed by atoms with Crippen LogP contribution in [0.2, 0.25) is 0 Å². The SMILES string of the molecule is CN1CCN(c2c(-c3cnn(C)c3)cc(Nc3nc(Nc4ccc5nccnc5c4P=O)c4cc[nH]c4n3)c3c2OCO3)CC1. The molecule has 4 aromatic heterocycles.